The second-order valence-corrected chi connectivity index (χ2v) is 2.80. The lowest BCUT2D eigenvalue weighted by Crippen LogP contribution is -2.13. The molecule has 2 aromatic heterocycles. The Balaban J connectivity index is 2.42. The smallest absolute Gasteiger partial charge is 0.155 e. The van der Waals surface area contributed by atoms with E-state index in [-0.39, 0.29) is 5.84 Å². The summed E-state index contributed by atoms with van der Waals surface area (Å²) in [6.07, 6.45) is 3.77. The van der Waals surface area contributed by atoms with Crippen molar-refractivity contribution in [2.24, 2.45) is 5.73 Å². The number of nitrogens with one attached hydrogen (secondary N) is 1. The molecule has 0 bridgehead atoms. The minimum atomic E-state index is 0.152. The summed E-state index contributed by atoms with van der Waals surface area (Å²) in [6.45, 7) is 0. The van der Waals surface area contributed by atoms with E-state index in [4.69, 9.17) is 11.1 Å². The molecule has 5 nitrogen and oxygen atoms in total. The van der Waals surface area contributed by atoms with Crippen molar-refractivity contribution in [3.8, 4) is 0 Å². The molecule has 3 N–H and O–H groups in total. The molecule has 66 valence electrons. The number of nitrogens with zero attached hydrogens (tertiary/aromatic N) is 3. The lowest BCUT2D eigenvalue weighted by molar-refractivity contribution is 0.946. The molecule has 13 heavy (non-hydrogen) atoms. The first-order valence-electron chi connectivity index (χ1n) is 3.87. The van der Waals surface area contributed by atoms with Crippen LogP contribution in [0.15, 0.2) is 24.7 Å². The highest BCUT2D eigenvalue weighted by molar-refractivity contribution is 5.79. The molecule has 0 amide bonds. The van der Waals surface area contributed by atoms with Gasteiger partial charge in [-0.1, -0.05) is 6.07 Å². The van der Waals surface area contributed by atoms with Crippen LogP contribution < -0.4 is 5.73 Å². The second kappa shape index (κ2) is 2.85. The third-order valence-corrected chi connectivity index (χ3v) is 1.73. The Hall–Kier alpha value is -1.91. The van der Waals surface area contributed by atoms with Gasteiger partial charge in [0.15, 0.2) is 5.65 Å². The predicted octanol–water partition coefficient (Wildman–Crippen LogP) is 0.208. The Morgan fingerprint density at radius 2 is 2.38 bits per heavy atom. The van der Waals surface area contributed by atoms with Gasteiger partial charge >= 0.3 is 0 Å². The van der Waals surface area contributed by atoms with Crippen molar-refractivity contribution < 1.29 is 0 Å². The summed E-state index contributed by atoms with van der Waals surface area (Å²) >= 11 is 0. The molecule has 0 saturated heterocycles. The molecule has 0 saturated carbocycles. The minimum absolute atomic E-state index is 0.152. The van der Waals surface area contributed by atoms with Gasteiger partial charge < -0.3 is 5.73 Å². The Labute approximate surface area is 74.7 Å². The molecule has 0 spiro atoms. The van der Waals surface area contributed by atoms with Gasteiger partial charge in [-0.3, -0.25) is 5.41 Å². The molecule has 0 atom stereocenters. The van der Waals surface area contributed by atoms with Gasteiger partial charge in [0, 0.05) is 12.6 Å². The SMILES string of the molecule is N=C(N)Cc1ccc2ncnn2c1. The van der Waals surface area contributed by atoms with Gasteiger partial charge in [-0.15, -0.1) is 0 Å². The third kappa shape index (κ3) is 1.48. The topological polar surface area (TPSA) is 80.1 Å². The minimum Gasteiger partial charge on any atom is -0.387 e. The van der Waals surface area contributed by atoms with Crippen LogP contribution in [0.3, 0.4) is 0 Å². The van der Waals surface area contributed by atoms with E-state index in [1.165, 1.54) is 6.33 Å². The first-order valence-corrected chi connectivity index (χ1v) is 3.87. The molecular weight excluding hydrogens is 166 g/mol. The van der Waals surface area contributed by atoms with E-state index >= 15 is 0 Å². The quantitative estimate of drug-likeness (QED) is 0.505. The second-order valence-electron chi connectivity index (χ2n) is 2.80. The van der Waals surface area contributed by atoms with E-state index < -0.39 is 0 Å². The van der Waals surface area contributed by atoms with Gasteiger partial charge in [0.2, 0.25) is 0 Å². The molecule has 0 aliphatic heterocycles. The number of nitrogens with two attached hydrogens (primary N) is 1. The van der Waals surface area contributed by atoms with Crippen molar-refractivity contribution in [1.82, 2.24) is 14.6 Å². The summed E-state index contributed by atoms with van der Waals surface area (Å²) in [4.78, 5) is 4.01. The molecule has 0 fully saturated rings. The van der Waals surface area contributed by atoms with Gasteiger partial charge in [0.25, 0.3) is 0 Å². The van der Waals surface area contributed by atoms with Crippen LogP contribution >= 0.6 is 0 Å². The average Bonchev–Trinajstić information content (AvgIpc) is 2.49. The van der Waals surface area contributed by atoms with Gasteiger partial charge in [0.1, 0.15) is 6.33 Å². The van der Waals surface area contributed by atoms with Crippen molar-refractivity contribution >= 4 is 11.5 Å². The molecule has 2 heterocycles. The van der Waals surface area contributed by atoms with E-state index in [1.54, 1.807) is 4.52 Å². The summed E-state index contributed by atoms with van der Waals surface area (Å²) < 4.78 is 1.66. The summed E-state index contributed by atoms with van der Waals surface area (Å²) in [5.41, 5.74) is 7.04. The number of rotatable bonds is 2. The summed E-state index contributed by atoms with van der Waals surface area (Å²) in [7, 11) is 0. The Bertz CT molecular complexity index is 444. The molecule has 0 unspecified atom stereocenters. The molecule has 2 rings (SSSR count). The standard InChI is InChI=1S/C8H9N5/c9-7(10)3-6-1-2-8-11-5-12-13(8)4-6/h1-2,4-5H,3H2,(H3,9,10). The summed E-state index contributed by atoms with van der Waals surface area (Å²) in [6, 6.07) is 3.75. The first kappa shape index (κ1) is 7.72. The molecule has 5 heteroatoms. The maximum absolute atomic E-state index is 7.14. The average molecular weight is 175 g/mol. The zero-order chi connectivity index (χ0) is 9.26. The Kier molecular flexibility index (Phi) is 1.70. The fourth-order valence-electron chi connectivity index (χ4n) is 1.18. The number of fused-ring (bicyclic) bond motifs is 1. The van der Waals surface area contributed by atoms with Gasteiger partial charge in [0.05, 0.1) is 5.84 Å². The van der Waals surface area contributed by atoms with Crippen LogP contribution in [0, 0.1) is 5.41 Å². The van der Waals surface area contributed by atoms with E-state index in [2.05, 4.69) is 10.1 Å². The molecule has 0 aliphatic carbocycles. The van der Waals surface area contributed by atoms with Gasteiger partial charge in [-0.25, -0.2) is 9.50 Å². The van der Waals surface area contributed by atoms with E-state index in [0.717, 1.165) is 11.2 Å². The third-order valence-electron chi connectivity index (χ3n) is 1.73. The highest BCUT2D eigenvalue weighted by Gasteiger charge is 1.98. The van der Waals surface area contributed by atoms with Gasteiger partial charge in [-0.05, 0) is 11.6 Å². The van der Waals surface area contributed by atoms with Gasteiger partial charge in [-0.2, -0.15) is 5.10 Å². The maximum Gasteiger partial charge on any atom is 0.155 e. The zero-order valence-corrected chi connectivity index (χ0v) is 6.94. The lowest BCUT2D eigenvalue weighted by atomic mass is 10.2. The Morgan fingerprint density at radius 1 is 1.54 bits per heavy atom. The van der Waals surface area contributed by atoms with E-state index in [0.29, 0.717) is 6.42 Å². The van der Waals surface area contributed by atoms with Crippen molar-refractivity contribution in [3.05, 3.63) is 30.2 Å². The van der Waals surface area contributed by atoms with Crippen molar-refractivity contribution in [1.29, 1.82) is 5.41 Å². The largest absolute Gasteiger partial charge is 0.387 e. The summed E-state index contributed by atoms with van der Waals surface area (Å²) in [5, 5.41) is 11.1. The van der Waals surface area contributed by atoms with Crippen molar-refractivity contribution in [2.45, 2.75) is 6.42 Å². The molecule has 0 radical (unpaired) electrons. The van der Waals surface area contributed by atoms with Crippen LogP contribution in [0.5, 0.6) is 0 Å². The van der Waals surface area contributed by atoms with Crippen LogP contribution in [-0.2, 0) is 6.42 Å². The molecular formula is C8H9N5. The van der Waals surface area contributed by atoms with E-state index in [1.807, 2.05) is 18.3 Å². The number of hydrogen-bond acceptors (Lipinski definition) is 3. The number of hydrogen-bond donors (Lipinski definition) is 2. The monoisotopic (exact) mass is 175 g/mol. The van der Waals surface area contributed by atoms with E-state index in [9.17, 15) is 0 Å². The molecule has 0 aliphatic rings. The molecule has 2 aromatic rings. The first-order chi connectivity index (χ1) is 6.25. The van der Waals surface area contributed by atoms with Crippen LogP contribution in [-0.4, -0.2) is 20.4 Å². The van der Waals surface area contributed by atoms with Crippen LogP contribution in [0.4, 0.5) is 0 Å². The summed E-state index contributed by atoms with van der Waals surface area (Å²) in [5.74, 6) is 0.152. The van der Waals surface area contributed by atoms with Crippen LogP contribution in [0.2, 0.25) is 0 Å². The predicted molar refractivity (Wildman–Crippen MR) is 48.6 cm³/mol. The number of amidine groups is 1. The maximum atomic E-state index is 7.14. The zero-order valence-electron chi connectivity index (χ0n) is 6.94. The molecule has 0 aromatic carbocycles. The number of aromatic nitrogens is 3. The van der Waals surface area contributed by atoms with Crippen molar-refractivity contribution in [3.63, 3.8) is 0 Å². The number of pyridine rings is 1. The lowest BCUT2D eigenvalue weighted by Gasteiger charge is -1.98. The van der Waals surface area contributed by atoms with Crippen LogP contribution in [0.25, 0.3) is 5.65 Å². The highest BCUT2D eigenvalue weighted by atomic mass is 15.3. The fraction of sp³-hybridized carbons (Fsp3) is 0.125. The Morgan fingerprint density at radius 3 is 3.15 bits per heavy atom. The van der Waals surface area contributed by atoms with Crippen LogP contribution in [0.1, 0.15) is 5.56 Å². The highest BCUT2D eigenvalue weighted by Crippen LogP contribution is 2.03. The van der Waals surface area contributed by atoms with Crippen molar-refractivity contribution in [2.75, 3.05) is 0 Å². The normalized spacial score (nSPS) is 10.5. The fourth-order valence-corrected chi connectivity index (χ4v) is 1.18.